The van der Waals surface area contributed by atoms with Crippen LogP contribution in [0.4, 0.5) is 10.5 Å². The Hall–Kier alpha value is -1.58. The molecule has 92 valence electrons. The van der Waals surface area contributed by atoms with Crippen molar-refractivity contribution in [3.63, 3.8) is 0 Å². The smallest absolute Gasteiger partial charge is 0.411 e. The van der Waals surface area contributed by atoms with Gasteiger partial charge in [-0.3, -0.25) is 10.3 Å². The molecule has 0 radical (unpaired) electrons. The van der Waals surface area contributed by atoms with E-state index in [2.05, 4.69) is 10.3 Å². The lowest BCUT2D eigenvalue weighted by Crippen LogP contribution is -2.21. The highest BCUT2D eigenvalue weighted by Gasteiger charge is 2.19. The number of hydrogen-bond donors (Lipinski definition) is 1. The molecule has 0 aliphatic heterocycles. The third-order valence-electron chi connectivity index (χ3n) is 3.15. The largest absolute Gasteiger partial charge is 0.446 e. The molecule has 1 aliphatic rings. The van der Waals surface area contributed by atoms with Crippen molar-refractivity contribution in [1.82, 2.24) is 4.98 Å². The number of nitrogens with zero attached hydrogens (tertiary/aromatic N) is 1. The fraction of sp³-hybridized carbons (Fsp3) is 0.538. The van der Waals surface area contributed by atoms with Crippen molar-refractivity contribution in [2.75, 3.05) is 5.32 Å². The predicted octanol–water partition coefficient (Wildman–Crippen LogP) is 3.19. The van der Waals surface area contributed by atoms with E-state index < -0.39 is 0 Å². The van der Waals surface area contributed by atoms with Crippen LogP contribution in [0.1, 0.15) is 36.9 Å². The maximum absolute atomic E-state index is 11.7. The quantitative estimate of drug-likeness (QED) is 0.855. The standard InChI is InChI=1S/C13H18N2O2/c1-9-7-8-14-10(2)12(9)15-13(16)17-11-5-3-4-6-11/h7-8,11H,3-6H2,1-2H3,(H,15,16). The molecule has 0 saturated heterocycles. The van der Waals surface area contributed by atoms with Gasteiger partial charge < -0.3 is 4.74 Å². The predicted molar refractivity (Wildman–Crippen MR) is 66.1 cm³/mol. The van der Waals surface area contributed by atoms with Crippen molar-refractivity contribution in [1.29, 1.82) is 0 Å². The van der Waals surface area contributed by atoms with Gasteiger partial charge in [-0.05, 0) is 51.2 Å². The van der Waals surface area contributed by atoms with E-state index in [1.165, 1.54) is 0 Å². The molecule has 0 unspecified atom stereocenters. The molecule has 2 rings (SSSR count). The third kappa shape index (κ3) is 2.96. The van der Waals surface area contributed by atoms with E-state index in [1.807, 2.05) is 19.9 Å². The van der Waals surface area contributed by atoms with Crippen LogP contribution in [0.5, 0.6) is 0 Å². The molecule has 1 aromatic heterocycles. The summed E-state index contributed by atoms with van der Waals surface area (Å²) in [5, 5.41) is 2.78. The fourth-order valence-electron chi connectivity index (χ4n) is 2.17. The SMILES string of the molecule is Cc1ccnc(C)c1NC(=O)OC1CCCC1. The monoisotopic (exact) mass is 234 g/mol. The lowest BCUT2D eigenvalue weighted by molar-refractivity contribution is 0.114. The molecule has 1 fully saturated rings. The number of carbonyl (C=O) groups is 1. The van der Waals surface area contributed by atoms with E-state index in [1.54, 1.807) is 6.20 Å². The molecule has 1 heterocycles. The molecule has 0 spiro atoms. The minimum atomic E-state index is -0.365. The number of carbonyl (C=O) groups excluding carboxylic acids is 1. The maximum Gasteiger partial charge on any atom is 0.411 e. The van der Waals surface area contributed by atoms with E-state index in [9.17, 15) is 4.79 Å². The summed E-state index contributed by atoms with van der Waals surface area (Å²) in [5.74, 6) is 0. The van der Waals surface area contributed by atoms with E-state index in [-0.39, 0.29) is 12.2 Å². The minimum absolute atomic E-state index is 0.0901. The lowest BCUT2D eigenvalue weighted by Gasteiger charge is -2.14. The van der Waals surface area contributed by atoms with Gasteiger partial charge in [0.05, 0.1) is 11.4 Å². The number of anilines is 1. The topological polar surface area (TPSA) is 51.2 Å². The number of pyridine rings is 1. The Morgan fingerprint density at radius 1 is 1.41 bits per heavy atom. The van der Waals surface area contributed by atoms with Crippen LogP contribution in [-0.2, 0) is 4.74 Å². The molecule has 1 amide bonds. The Kier molecular flexibility index (Phi) is 3.61. The van der Waals surface area contributed by atoms with Gasteiger partial charge in [0.25, 0.3) is 0 Å². The molecule has 1 aromatic rings. The number of amides is 1. The third-order valence-corrected chi connectivity index (χ3v) is 3.15. The second-order valence-electron chi connectivity index (χ2n) is 4.53. The van der Waals surface area contributed by atoms with Crippen LogP contribution in [-0.4, -0.2) is 17.2 Å². The Bertz CT molecular complexity index is 392. The summed E-state index contributed by atoms with van der Waals surface area (Å²) in [5.41, 5.74) is 2.57. The zero-order valence-corrected chi connectivity index (χ0v) is 10.3. The highest BCUT2D eigenvalue weighted by atomic mass is 16.6. The Balaban J connectivity index is 1.97. The lowest BCUT2D eigenvalue weighted by atomic mass is 10.2. The van der Waals surface area contributed by atoms with Crippen molar-refractivity contribution < 1.29 is 9.53 Å². The zero-order valence-electron chi connectivity index (χ0n) is 10.3. The normalized spacial score (nSPS) is 15.9. The van der Waals surface area contributed by atoms with Gasteiger partial charge in [-0.15, -0.1) is 0 Å². The van der Waals surface area contributed by atoms with Gasteiger partial charge in [0, 0.05) is 6.20 Å². The van der Waals surface area contributed by atoms with Crippen LogP contribution >= 0.6 is 0 Å². The average Bonchev–Trinajstić information content (AvgIpc) is 2.76. The first kappa shape index (κ1) is 11.9. The van der Waals surface area contributed by atoms with Crippen LogP contribution in [0.25, 0.3) is 0 Å². The van der Waals surface area contributed by atoms with Gasteiger partial charge in [0.15, 0.2) is 0 Å². The molecule has 0 atom stereocenters. The van der Waals surface area contributed by atoms with Crippen LogP contribution in [0.3, 0.4) is 0 Å². The number of aryl methyl sites for hydroxylation is 2. The second kappa shape index (κ2) is 5.17. The van der Waals surface area contributed by atoms with Gasteiger partial charge in [0.1, 0.15) is 6.10 Å². The van der Waals surface area contributed by atoms with Gasteiger partial charge in [-0.2, -0.15) is 0 Å². The van der Waals surface area contributed by atoms with Crippen molar-refractivity contribution in [2.24, 2.45) is 0 Å². The average molecular weight is 234 g/mol. The number of hydrogen-bond acceptors (Lipinski definition) is 3. The molecule has 1 saturated carbocycles. The molecule has 1 N–H and O–H groups in total. The fourth-order valence-corrected chi connectivity index (χ4v) is 2.17. The number of rotatable bonds is 2. The number of nitrogens with one attached hydrogen (secondary N) is 1. The van der Waals surface area contributed by atoms with Crippen LogP contribution < -0.4 is 5.32 Å². The first-order chi connectivity index (χ1) is 8.16. The molecular formula is C13H18N2O2. The molecule has 17 heavy (non-hydrogen) atoms. The summed E-state index contributed by atoms with van der Waals surface area (Å²) < 4.78 is 5.35. The van der Waals surface area contributed by atoms with Crippen LogP contribution in [0, 0.1) is 13.8 Å². The first-order valence-corrected chi connectivity index (χ1v) is 6.06. The summed E-state index contributed by atoms with van der Waals surface area (Å²) in [6.07, 6.45) is 5.74. The Labute approximate surface area is 101 Å². The van der Waals surface area contributed by atoms with Crippen LogP contribution in [0.15, 0.2) is 12.3 Å². The molecule has 0 aromatic carbocycles. The van der Waals surface area contributed by atoms with E-state index in [0.717, 1.165) is 42.6 Å². The van der Waals surface area contributed by atoms with Crippen molar-refractivity contribution >= 4 is 11.8 Å². The summed E-state index contributed by atoms with van der Waals surface area (Å²) in [4.78, 5) is 15.9. The molecule has 4 heteroatoms. The molecule has 0 bridgehead atoms. The number of ether oxygens (including phenoxy) is 1. The summed E-state index contributed by atoms with van der Waals surface area (Å²) in [6, 6.07) is 1.87. The Morgan fingerprint density at radius 2 is 2.12 bits per heavy atom. The van der Waals surface area contributed by atoms with Gasteiger partial charge in [-0.25, -0.2) is 4.79 Å². The maximum atomic E-state index is 11.7. The van der Waals surface area contributed by atoms with Gasteiger partial charge in [-0.1, -0.05) is 0 Å². The Morgan fingerprint density at radius 3 is 2.76 bits per heavy atom. The number of aromatic nitrogens is 1. The highest BCUT2D eigenvalue weighted by molar-refractivity contribution is 5.86. The van der Waals surface area contributed by atoms with Gasteiger partial charge >= 0.3 is 6.09 Å². The molecule has 1 aliphatic carbocycles. The second-order valence-corrected chi connectivity index (χ2v) is 4.53. The van der Waals surface area contributed by atoms with Crippen molar-refractivity contribution in [3.8, 4) is 0 Å². The van der Waals surface area contributed by atoms with Crippen LogP contribution in [0.2, 0.25) is 0 Å². The van der Waals surface area contributed by atoms with E-state index in [0.29, 0.717) is 0 Å². The van der Waals surface area contributed by atoms with Gasteiger partial charge in [0.2, 0.25) is 0 Å². The first-order valence-electron chi connectivity index (χ1n) is 6.06. The van der Waals surface area contributed by atoms with E-state index in [4.69, 9.17) is 4.74 Å². The summed E-state index contributed by atoms with van der Waals surface area (Å²) in [6.45, 7) is 3.82. The van der Waals surface area contributed by atoms with Crippen molar-refractivity contribution in [2.45, 2.75) is 45.6 Å². The molecule has 4 nitrogen and oxygen atoms in total. The zero-order chi connectivity index (χ0) is 12.3. The molecular weight excluding hydrogens is 216 g/mol. The summed E-state index contributed by atoms with van der Waals surface area (Å²) >= 11 is 0. The van der Waals surface area contributed by atoms with Crippen molar-refractivity contribution in [3.05, 3.63) is 23.5 Å². The highest BCUT2D eigenvalue weighted by Crippen LogP contribution is 2.22. The summed E-state index contributed by atoms with van der Waals surface area (Å²) in [7, 11) is 0. The van der Waals surface area contributed by atoms with E-state index >= 15 is 0 Å². The minimum Gasteiger partial charge on any atom is -0.446 e.